The molecule has 0 saturated heterocycles. The SMILES string of the molecule is c1ccc(N(c2ccccc2)c2ccc(-c3ccc(N(c4ccccc4)c4ccc(-c5ccc(-c6cccc7ccccc67)c6ccccc56)cc4)cc3)cc2)cc1. The average molecular weight is 741 g/mol. The Morgan fingerprint density at radius 2 is 0.517 bits per heavy atom. The molecule has 0 aromatic heterocycles. The van der Waals surface area contributed by atoms with Crippen molar-refractivity contribution in [2.75, 3.05) is 9.80 Å². The van der Waals surface area contributed by atoms with Gasteiger partial charge in [0.1, 0.15) is 0 Å². The van der Waals surface area contributed by atoms with Crippen molar-refractivity contribution < 1.29 is 0 Å². The molecule has 0 spiro atoms. The maximum Gasteiger partial charge on any atom is 0.0462 e. The van der Waals surface area contributed by atoms with Crippen LogP contribution in [0.25, 0.3) is 54.9 Å². The van der Waals surface area contributed by atoms with E-state index in [2.05, 4.69) is 252 Å². The zero-order valence-electron chi connectivity index (χ0n) is 32.0. The molecule has 0 fully saturated rings. The second kappa shape index (κ2) is 15.5. The van der Waals surface area contributed by atoms with Gasteiger partial charge in [-0.3, -0.25) is 0 Å². The molecule has 58 heavy (non-hydrogen) atoms. The van der Waals surface area contributed by atoms with Crippen molar-refractivity contribution in [3.05, 3.63) is 243 Å². The summed E-state index contributed by atoms with van der Waals surface area (Å²) in [5.41, 5.74) is 14.0. The second-order valence-electron chi connectivity index (χ2n) is 14.6. The highest BCUT2D eigenvalue weighted by Gasteiger charge is 2.16. The summed E-state index contributed by atoms with van der Waals surface area (Å²) in [4.78, 5) is 4.62. The largest absolute Gasteiger partial charge is 0.311 e. The van der Waals surface area contributed by atoms with E-state index in [1.807, 2.05) is 0 Å². The first-order chi connectivity index (χ1) is 28.8. The quantitative estimate of drug-likeness (QED) is 0.145. The smallest absolute Gasteiger partial charge is 0.0462 e. The predicted molar refractivity (Wildman–Crippen MR) is 247 cm³/mol. The molecule has 0 atom stereocenters. The molecular formula is C56H40N2. The maximum absolute atomic E-state index is 2.33. The summed E-state index contributed by atoms with van der Waals surface area (Å²) in [5.74, 6) is 0. The average Bonchev–Trinajstić information content (AvgIpc) is 3.30. The lowest BCUT2D eigenvalue weighted by molar-refractivity contribution is 1.28. The number of anilines is 6. The molecule has 10 aromatic carbocycles. The lowest BCUT2D eigenvalue weighted by Gasteiger charge is -2.26. The Labute approximate surface area is 340 Å². The fourth-order valence-electron chi connectivity index (χ4n) is 8.27. The molecule has 0 amide bonds. The van der Waals surface area contributed by atoms with Gasteiger partial charge in [0.15, 0.2) is 0 Å². The molecule has 0 aliphatic rings. The fourth-order valence-corrected chi connectivity index (χ4v) is 8.27. The maximum atomic E-state index is 2.33. The first kappa shape index (κ1) is 34.8. The minimum absolute atomic E-state index is 1.10. The van der Waals surface area contributed by atoms with Crippen LogP contribution in [0.15, 0.2) is 243 Å². The minimum atomic E-state index is 1.10. The van der Waals surface area contributed by atoms with Gasteiger partial charge in [-0.1, -0.05) is 170 Å². The summed E-state index contributed by atoms with van der Waals surface area (Å²) in [6.07, 6.45) is 0. The van der Waals surface area contributed by atoms with Crippen molar-refractivity contribution >= 4 is 55.7 Å². The number of fused-ring (bicyclic) bond motifs is 2. The first-order valence-corrected chi connectivity index (χ1v) is 19.8. The number of hydrogen-bond acceptors (Lipinski definition) is 2. The summed E-state index contributed by atoms with van der Waals surface area (Å²) < 4.78 is 0. The van der Waals surface area contributed by atoms with E-state index in [-0.39, 0.29) is 0 Å². The van der Waals surface area contributed by atoms with Crippen molar-refractivity contribution in [2.24, 2.45) is 0 Å². The third-order valence-electron chi connectivity index (χ3n) is 11.1. The van der Waals surface area contributed by atoms with E-state index in [0.29, 0.717) is 0 Å². The molecule has 0 unspecified atom stereocenters. The molecule has 274 valence electrons. The number of hydrogen-bond donors (Lipinski definition) is 0. The molecule has 0 bridgehead atoms. The highest BCUT2D eigenvalue weighted by atomic mass is 15.1. The Hall–Kier alpha value is -7.68. The van der Waals surface area contributed by atoms with Gasteiger partial charge in [0, 0.05) is 34.1 Å². The van der Waals surface area contributed by atoms with Crippen molar-refractivity contribution in [1.82, 2.24) is 0 Å². The molecule has 10 rings (SSSR count). The van der Waals surface area contributed by atoms with Crippen LogP contribution in [0, 0.1) is 0 Å². The molecule has 0 heterocycles. The van der Waals surface area contributed by atoms with Crippen molar-refractivity contribution in [3.8, 4) is 33.4 Å². The monoisotopic (exact) mass is 740 g/mol. The van der Waals surface area contributed by atoms with Crippen LogP contribution in [0.1, 0.15) is 0 Å². The summed E-state index contributed by atoms with van der Waals surface area (Å²) in [5, 5.41) is 5.03. The van der Waals surface area contributed by atoms with Gasteiger partial charge in [0.25, 0.3) is 0 Å². The molecule has 2 nitrogen and oxygen atoms in total. The Bertz CT molecular complexity index is 2910. The van der Waals surface area contributed by atoms with Gasteiger partial charge in [0.05, 0.1) is 0 Å². The number of rotatable bonds is 9. The summed E-state index contributed by atoms with van der Waals surface area (Å²) >= 11 is 0. The zero-order chi connectivity index (χ0) is 38.7. The van der Waals surface area contributed by atoms with Gasteiger partial charge in [-0.25, -0.2) is 0 Å². The van der Waals surface area contributed by atoms with Crippen LogP contribution in [0.4, 0.5) is 34.1 Å². The highest BCUT2D eigenvalue weighted by Crippen LogP contribution is 2.41. The van der Waals surface area contributed by atoms with Crippen LogP contribution in [0.5, 0.6) is 0 Å². The first-order valence-electron chi connectivity index (χ1n) is 19.8. The highest BCUT2D eigenvalue weighted by molar-refractivity contribution is 6.09. The Morgan fingerprint density at radius 3 is 1.00 bits per heavy atom. The molecule has 0 aliphatic heterocycles. The lowest BCUT2D eigenvalue weighted by Crippen LogP contribution is -2.09. The van der Waals surface area contributed by atoms with E-state index in [4.69, 9.17) is 0 Å². The molecule has 10 aromatic rings. The standard InChI is InChI=1S/C56H40N2/c1-4-17-45(18-5-1)57(46-19-6-2-7-20-46)48-33-27-41(28-34-48)42-29-35-49(36-30-42)58(47-21-8-3-9-22-47)50-37-31-44(32-38-50)52-39-40-56(55-25-13-12-24-53(52)55)54-26-14-16-43-15-10-11-23-51(43)54/h1-40H. The van der Waals surface area contributed by atoms with E-state index < -0.39 is 0 Å². The molecule has 0 radical (unpaired) electrons. The number of nitrogens with zero attached hydrogens (tertiary/aromatic N) is 2. The summed E-state index contributed by atoms with van der Waals surface area (Å²) in [7, 11) is 0. The van der Waals surface area contributed by atoms with Crippen LogP contribution < -0.4 is 9.80 Å². The van der Waals surface area contributed by atoms with Crippen LogP contribution in [0.2, 0.25) is 0 Å². The minimum Gasteiger partial charge on any atom is -0.311 e. The van der Waals surface area contributed by atoms with Crippen molar-refractivity contribution in [2.45, 2.75) is 0 Å². The van der Waals surface area contributed by atoms with Crippen LogP contribution in [0.3, 0.4) is 0 Å². The van der Waals surface area contributed by atoms with E-state index >= 15 is 0 Å². The van der Waals surface area contributed by atoms with E-state index in [9.17, 15) is 0 Å². The second-order valence-corrected chi connectivity index (χ2v) is 14.6. The van der Waals surface area contributed by atoms with Crippen molar-refractivity contribution in [3.63, 3.8) is 0 Å². The molecule has 2 heteroatoms. The van der Waals surface area contributed by atoms with Gasteiger partial charge in [-0.2, -0.15) is 0 Å². The van der Waals surface area contributed by atoms with Crippen molar-refractivity contribution in [1.29, 1.82) is 0 Å². The molecule has 0 N–H and O–H groups in total. The number of para-hydroxylation sites is 3. The van der Waals surface area contributed by atoms with Crippen LogP contribution in [-0.4, -0.2) is 0 Å². The lowest BCUT2D eigenvalue weighted by atomic mass is 9.90. The fraction of sp³-hybridized carbons (Fsp3) is 0. The molecular weight excluding hydrogens is 701 g/mol. The van der Waals surface area contributed by atoms with E-state index in [0.717, 1.165) is 34.1 Å². The van der Waals surface area contributed by atoms with Gasteiger partial charge in [-0.05, 0) is 128 Å². The normalized spacial score (nSPS) is 11.1. The molecule has 0 saturated carbocycles. The zero-order valence-corrected chi connectivity index (χ0v) is 32.0. The number of benzene rings is 10. The summed E-state index contributed by atoms with van der Waals surface area (Å²) in [6.45, 7) is 0. The summed E-state index contributed by atoms with van der Waals surface area (Å²) in [6, 6.07) is 87.1. The Morgan fingerprint density at radius 1 is 0.190 bits per heavy atom. The predicted octanol–water partition coefficient (Wildman–Crippen LogP) is 15.9. The van der Waals surface area contributed by atoms with Gasteiger partial charge < -0.3 is 9.80 Å². The van der Waals surface area contributed by atoms with E-state index in [1.165, 1.54) is 54.9 Å². The Kier molecular flexibility index (Phi) is 9.27. The Balaban J connectivity index is 0.960. The topological polar surface area (TPSA) is 6.48 Å². The third kappa shape index (κ3) is 6.67. The van der Waals surface area contributed by atoms with Crippen LogP contribution in [-0.2, 0) is 0 Å². The van der Waals surface area contributed by atoms with Crippen LogP contribution >= 0.6 is 0 Å². The van der Waals surface area contributed by atoms with Gasteiger partial charge in [0.2, 0.25) is 0 Å². The third-order valence-corrected chi connectivity index (χ3v) is 11.1. The molecule has 0 aliphatic carbocycles. The van der Waals surface area contributed by atoms with Gasteiger partial charge >= 0.3 is 0 Å². The van der Waals surface area contributed by atoms with E-state index in [1.54, 1.807) is 0 Å². The van der Waals surface area contributed by atoms with Gasteiger partial charge in [-0.15, -0.1) is 0 Å².